The molecule has 14 heteroatoms. The molecule has 2 heterocycles. The van der Waals surface area contributed by atoms with E-state index in [1.165, 1.54) is 0 Å². The maximum absolute atomic E-state index is 6.05. The molecule has 2 aliphatic heterocycles. The van der Waals surface area contributed by atoms with E-state index in [-0.39, 0.29) is 0 Å². The van der Waals surface area contributed by atoms with Gasteiger partial charge in [0.15, 0.2) is 11.5 Å². The van der Waals surface area contributed by atoms with Crippen LogP contribution in [0.5, 0.6) is 34.5 Å². The van der Waals surface area contributed by atoms with Crippen molar-refractivity contribution in [2.24, 2.45) is 20.5 Å². The number of nitrogens with zero attached hydrogens (tertiary/aromatic N) is 4. The molecule has 4 aromatic rings. The van der Waals surface area contributed by atoms with Crippen LogP contribution < -0.4 is 28.4 Å². The van der Waals surface area contributed by atoms with Crippen LogP contribution in [0.2, 0.25) is 0 Å². The van der Waals surface area contributed by atoms with Crippen molar-refractivity contribution in [2.45, 2.75) is 6.42 Å². The Morgan fingerprint density at radius 3 is 1.13 bits per heavy atom. The second kappa shape index (κ2) is 21.3. The zero-order valence-electron chi connectivity index (χ0n) is 29.6. The van der Waals surface area contributed by atoms with Crippen molar-refractivity contribution in [2.75, 3.05) is 92.5 Å². The summed E-state index contributed by atoms with van der Waals surface area (Å²) >= 11 is 0. The lowest BCUT2D eigenvalue weighted by Gasteiger charge is -2.14. The molecule has 53 heavy (non-hydrogen) atoms. The molecule has 0 fully saturated rings. The molecule has 0 unspecified atom stereocenters. The largest absolute Gasteiger partial charge is 0.493 e. The Balaban J connectivity index is 1.06. The topological polar surface area (TPSA) is 142 Å². The van der Waals surface area contributed by atoms with E-state index >= 15 is 0 Å². The van der Waals surface area contributed by atoms with Gasteiger partial charge in [-0.05, 0) is 48.5 Å². The number of hydrogen-bond donors (Lipinski definition) is 0. The van der Waals surface area contributed by atoms with Gasteiger partial charge >= 0.3 is 0 Å². The van der Waals surface area contributed by atoms with E-state index in [2.05, 4.69) is 20.5 Å². The molecule has 0 bridgehead atoms. The molecule has 14 nitrogen and oxygen atoms in total. The van der Waals surface area contributed by atoms with Crippen LogP contribution in [0.15, 0.2) is 105 Å². The molecule has 280 valence electrons. The first-order valence-electron chi connectivity index (χ1n) is 17.7. The standard InChI is InChI=1S/C39H44N4O10/c1-3-8-36-32(6-1)40-42-34-12-10-30(28-38(34)52-26-22-46-18-16-44-20-24-50-36)48-14-5-15-49-31-11-13-35-39(29-31)53-27-23-47-19-17-45-21-25-51-37-9-4-2-7-33(37)41-43-35/h1-4,6-13,28-29H,5,14-27H2. The van der Waals surface area contributed by atoms with Gasteiger partial charge in [-0.25, -0.2) is 0 Å². The summed E-state index contributed by atoms with van der Waals surface area (Å²) in [5, 5.41) is 17.8. The summed E-state index contributed by atoms with van der Waals surface area (Å²) in [7, 11) is 0. The predicted molar refractivity (Wildman–Crippen MR) is 195 cm³/mol. The maximum atomic E-state index is 6.05. The van der Waals surface area contributed by atoms with Crippen molar-refractivity contribution < 1.29 is 47.4 Å². The number of azo groups is 2. The summed E-state index contributed by atoms with van der Waals surface area (Å²) in [5.74, 6) is 3.54. The van der Waals surface area contributed by atoms with E-state index in [1.54, 1.807) is 12.1 Å². The molecule has 0 amide bonds. The first kappa shape index (κ1) is 37.5. The SMILES string of the molecule is c1ccc2c(c1)N=Nc1ccc(OCCCOc3ccc4c(c3)OCCOCCOCCOc3ccccc3N=N4)cc1OCCOCCOCCO2. The quantitative estimate of drug-likeness (QED) is 0.179. The van der Waals surface area contributed by atoms with E-state index in [1.807, 2.05) is 72.8 Å². The molecule has 2 aliphatic rings. The minimum atomic E-state index is 0.328. The van der Waals surface area contributed by atoms with Gasteiger partial charge in [-0.3, -0.25) is 0 Å². The Hall–Kier alpha value is -5.28. The molecule has 0 saturated heterocycles. The summed E-state index contributed by atoms with van der Waals surface area (Å²) in [4.78, 5) is 0. The Kier molecular flexibility index (Phi) is 15.1. The van der Waals surface area contributed by atoms with Crippen LogP contribution in [0.25, 0.3) is 0 Å². The molecular formula is C39H44N4O10. The van der Waals surface area contributed by atoms with Gasteiger partial charge in [-0.15, -0.1) is 20.5 Å². The van der Waals surface area contributed by atoms with Crippen molar-refractivity contribution in [1.82, 2.24) is 0 Å². The monoisotopic (exact) mass is 728 g/mol. The Bertz CT molecular complexity index is 1650. The van der Waals surface area contributed by atoms with Crippen LogP contribution in [0.1, 0.15) is 6.42 Å². The highest BCUT2D eigenvalue weighted by atomic mass is 16.6. The number of para-hydroxylation sites is 2. The van der Waals surface area contributed by atoms with Crippen molar-refractivity contribution in [3.8, 4) is 34.5 Å². The molecule has 6 rings (SSSR count). The average molecular weight is 729 g/mol. The third kappa shape index (κ3) is 12.4. The lowest BCUT2D eigenvalue weighted by atomic mass is 10.2. The number of rotatable bonds is 6. The Labute approximate surface area is 308 Å². The third-order valence-corrected chi connectivity index (χ3v) is 7.64. The highest BCUT2D eigenvalue weighted by Crippen LogP contribution is 2.37. The molecule has 0 saturated carbocycles. The molecule has 0 aliphatic carbocycles. The van der Waals surface area contributed by atoms with Crippen LogP contribution >= 0.6 is 0 Å². The van der Waals surface area contributed by atoms with E-state index in [4.69, 9.17) is 47.4 Å². The lowest BCUT2D eigenvalue weighted by Crippen LogP contribution is -2.13. The zero-order valence-corrected chi connectivity index (χ0v) is 29.6. The van der Waals surface area contributed by atoms with Gasteiger partial charge in [0, 0.05) is 18.6 Å². The van der Waals surface area contributed by atoms with Gasteiger partial charge in [0.05, 0.1) is 66.1 Å². The normalized spacial score (nSPS) is 16.2. The minimum Gasteiger partial charge on any atom is -0.493 e. The predicted octanol–water partition coefficient (Wildman–Crippen LogP) is 7.97. The van der Waals surface area contributed by atoms with Crippen molar-refractivity contribution >= 4 is 22.7 Å². The van der Waals surface area contributed by atoms with Gasteiger partial charge in [0.2, 0.25) is 0 Å². The van der Waals surface area contributed by atoms with E-state index in [0.29, 0.717) is 156 Å². The second-order valence-corrected chi connectivity index (χ2v) is 11.5. The summed E-state index contributed by atoms with van der Waals surface area (Å²) < 4.78 is 58.3. The van der Waals surface area contributed by atoms with Crippen LogP contribution in [0, 0.1) is 0 Å². The molecule has 0 N–H and O–H groups in total. The first-order chi connectivity index (χ1) is 26.3. The van der Waals surface area contributed by atoms with E-state index < -0.39 is 0 Å². The van der Waals surface area contributed by atoms with Gasteiger partial charge in [0.25, 0.3) is 0 Å². The van der Waals surface area contributed by atoms with Gasteiger partial charge in [-0.1, -0.05) is 24.3 Å². The summed E-state index contributed by atoms with van der Waals surface area (Å²) in [6.07, 6.45) is 0.620. The molecule has 0 atom stereocenters. The smallest absolute Gasteiger partial charge is 0.150 e. The van der Waals surface area contributed by atoms with E-state index in [0.717, 1.165) is 0 Å². The van der Waals surface area contributed by atoms with Gasteiger partial charge < -0.3 is 47.4 Å². The summed E-state index contributed by atoms with van der Waals surface area (Å²) in [5.41, 5.74) is 2.32. The fourth-order valence-corrected chi connectivity index (χ4v) is 5.03. The highest BCUT2D eigenvalue weighted by molar-refractivity contribution is 5.58. The van der Waals surface area contributed by atoms with Crippen LogP contribution in [0.3, 0.4) is 0 Å². The minimum absolute atomic E-state index is 0.328. The molecular weight excluding hydrogens is 684 g/mol. The Morgan fingerprint density at radius 1 is 0.377 bits per heavy atom. The average Bonchev–Trinajstić information content (AvgIpc) is 3.18. The van der Waals surface area contributed by atoms with Crippen LogP contribution in [0.4, 0.5) is 22.7 Å². The van der Waals surface area contributed by atoms with Gasteiger partial charge in [0.1, 0.15) is 72.2 Å². The zero-order chi connectivity index (χ0) is 36.2. The summed E-state index contributed by atoms with van der Waals surface area (Å²) in [6, 6.07) is 25.8. The van der Waals surface area contributed by atoms with Gasteiger partial charge in [-0.2, -0.15) is 0 Å². The lowest BCUT2D eigenvalue weighted by molar-refractivity contribution is 0.0274. The Morgan fingerprint density at radius 2 is 0.717 bits per heavy atom. The van der Waals surface area contributed by atoms with E-state index in [9.17, 15) is 0 Å². The molecule has 0 aromatic heterocycles. The first-order valence-corrected chi connectivity index (χ1v) is 17.7. The van der Waals surface area contributed by atoms with Crippen LogP contribution in [-0.2, 0) is 18.9 Å². The second-order valence-electron chi connectivity index (χ2n) is 11.5. The molecule has 4 aromatic carbocycles. The fraction of sp³-hybridized carbons (Fsp3) is 0.385. The van der Waals surface area contributed by atoms with Crippen molar-refractivity contribution in [3.63, 3.8) is 0 Å². The summed E-state index contributed by atoms with van der Waals surface area (Å²) in [6.45, 7) is 5.78. The molecule has 0 spiro atoms. The number of hydrogen-bond acceptors (Lipinski definition) is 14. The van der Waals surface area contributed by atoms with Crippen molar-refractivity contribution in [1.29, 1.82) is 0 Å². The number of ether oxygens (including phenoxy) is 10. The fourth-order valence-electron chi connectivity index (χ4n) is 5.03. The number of fused-ring (bicyclic) bond motifs is 4. The van der Waals surface area contributed by atoms with Crippen molar-refractivity contribution in [3.05, 3.63) is 84.9 Å². The number of benzene rings is 4. The molecule has 0 radical (unpaired) electrons. The maximum Gasteiger partial charge on any atom is 0.150 e. The third-order valence-electron chi connectivity index (χ3n) is 7.64. The highest BCUT2D eigenvalue weighted by Gasteiger charge is 2.11. The van der Waals surface area contributed by atoms with Crippen LogP contribution in [-0.4, -0.2) is 92.5 Å².